The SMILES string of the molecule is CCCCCCCCCCCCCC[C@@H](O)C[C@H](CC[C@]1(OC)OC(COC(=O)c2ccccc2)[C@H](O)[C@@H](OCc2ccccc2)C1OCc1ccccc1)N(Cc1ccccc1)C(=O)OCc1ccccc1. The Labute approximate surface area is 435 Å². The lowest BCUT2D eigenvalue weighted by atomic mass is 9.87. The number of esters is 1. The number of benzene rings is 5. The van der Waals surface area contributed by atoms with Gasteiger partial charge in [0.2, 0.25) is 0 Å². The molecule has 5 aromatic carbocycles. The second kappa shape index (κ2) is 32.0. The fourth-order valence-corrected chi connectivity index (χ4v) is 9.73. The summed E-state index contributed by atoms with van der Waals surface area (Å²) in [4.78, 5) is 29.7. The van der Waals surface area contributed by atoms with Crippen molar-refractivity contribution in [3.63, 3.8) is 0 Å². The third-order valence-corrected chi connectivity index (χ3v) is 13.9. The van der Waals surface area contributed by atoms with Crippen molar-refractivity contribution in [3.05, 3.63) is 179 Å². The molecule has 0 spiro atoms. The summed E-state index contributed by atoms with van der Waals surface area (Å²) in [5.41, 5.74) is 3.87. The van der Waals surface area contributed by atoms with Crippen molar-refractivity contribution >= 4 is 12.1 Å². The van der Waals surface area contributed by atoms with Gasteiger partial charge in [0.05, 0.1) is 24.9 Å². The average molecular weight is 1000 g/mol. The molecule has 5 aromatic rings. The number of unbranched alkanes of at least 4 members (excludes halogenated alkanes) is 11. The quantitative estimate of drug-likeness (QED) is 0.0309. The number of hydrogen-bond donors (Lipinski definition) is 2. The van der Waals surface area contributed by atoms with E-state index in [4.69, 9.17) is 28.4 Å². The van der Waals surface area contributed by atoms with Gasteiger partial charge in [-0.2, -0.15) is 0 Å². The molecule has 2 N–H and O–H groups in total. The van der Waals surface area contributed by atoms with Crippen molar-refractivity contribution in [2.45, 2.75) is 178 Å². The molecule has 1 aliphatic heterocycles. The van der Waals surface area contributed by atoms with Gasteiger partial charge in [-0.3, -0.25) is 0 Å². The van der Waals surface area contributed by atoms with Crippen LogP contribution in [0.5, 0.6) is 0 Å². The van der Waals surface area contributed by atoms with E-state index in [1.807, 2.05) is 127 Å². The Hall–Kier alpha value is -5.40. The largest absolute Gasteiger partial charge is 0.459 e. The minimum atomic E-state index is -1.62. The molecule has 11 heteroatoms. The van der Waals surface area contributed by atoms with Crippen molar-refractivity contribution in [2.24, 2.45) is 0 Å². The van der Waals surface area contributed by atoms with Crippen LogP contribution in [0.2, 0.25) is 0 Å². The van der Waals surface area contributed by atoms with Gasteiger partial charge >= 0.3 is 12.1 Å². The monoisotopic (exact) mass is 1000 g/mol. The predicted molar refractivity (Wildman–Crippen MR) is 285 cm³/mol. The first-order valence-electron chi connectivity index (χ1n) is 26.9. The number of hydrogen-bond acceptors (Lipinski definition) is 10. The number of nitrogens with zero attached hydrogens (tertiary/aromatic N) is 1. The number of ether oxygens (including phenoxy) is 6. The van der Waals surface area contributed by atoms with Crippen LogP contribution in [0.25, 0.3) is 0 Å². The topological polar surface area (TPSA) is 133 Å². The molecule has 0 saturated carbocycles. The number of aliphatic hydroxyl groups is 2. The molecule has 0 aromatic heterocycles. The molecule has 6 rings (SSSR count). The van der Waals surface area contributed by atoms with E-state index >= 15 is 0 Å². The fourth-order valence-electron chi connectivity index (χ4n) is 9.73. The molecule has 1 amide bonds. The molecule has 394 valence electrons. The molecule has 0 bridgehead atoms. The van der Waals surface area contributed by atoms with E-state index in [9.17, 15) is 19.8 Å². The third-order valence-electron chi connectivity index (χ3n) is 13.9. The molecule has 73 heavy (non-hydrogen) atoms. The Balaban J connectivity index is 1.28. The summed E-state index contributed by atoms with van der Waals surface area (Å²) >= 11 is 0. The minimum absolute atomic E-state index is 0.0708. The molecule has 0 radical (unpaired) electrons. The van der Waals surface area contributed by atoms with Gasteiger partial charge < -0.3 is 43.5 Å². The van der Waals surface area contributed by atoms with E-state index in [-0.39, 0.29) is 52.2 Å². The number of rotatable bonds is 33. The van der Waals surface area contributed by atoms with E-state index in [1.165, 1.54) is 64.9 Å². The maximum atomic E-state index is 14.6. The first-order valence-corrected chi connectivity index (χ1v) is 26.9. The van der Waals surface area contributed by atoms with Gasteiger partial charge in [0.1, 0.15) is 37.6 Å². The van der Waals surface area contributed by atoms with Gasteiger partial charge in [-0.15, -0.1) is 0 Å². The summed E-state index contributed by atoms with van der Waals surface area (Å²) in [6.07, 6.45) is 10.1. The van der Waals surface area contributed by atoms with Crippen LogP contribution in [0.3, 0.4) is 0 Å². The van der Waals surface area contributed by atoms with E-state index in [0.717, 1.165) is 41.5 Å². The first kappa shape index (κ1) is 56.9. The normalized spacial score (nSPS) is 19.5. The Bertz CT molecular complexity index is 2240. The van der Waals surface area contributed by atoms with E-state index in [0.29, 0.717) is 12.0 Å². The highest BCUT2D eigenvalue weighted by Gasteiger charge is 2.57. The smallest absolute Gasteiger partial charge is 0.410 e. The fraction of sp³-hybridized carbons (Fsp3) is 0.484. The number of aliphatic hydroxyl groups excluding tert-OH is 2. The average Bonchev–Trinajstić information content (AvgIpc) is 3.43. The zero-order chi connectivity index (χ0) is 51.4. The van der Waals surface area contributed by atoms with Crippen molar-refractivity contribution in [3.8, 4) is 0 Å². The molecular formula is C62H81NO10. The lowest BCUT2D eigenvalue weighted by molar-refractivity contribution is -0.374. The number of methoxy groups -OCH3 is 1. The van der Waals surface area contributed by atoms with Crippen LogP contribution in [-0.2, 0) is 54.8 Å². The van der Waals surface area contributed by atoms with Gasteiger partial charge in [-0.25, -0.2) is 9.59 Å². The van der Waals surface area contributed by atoms with Crippen molar-refractivity contribution in [1.82, 2.24) is 4.90 Å². The Morgan fingerprint density at radius 3 is 1.62 bits per heavy atom. The number of carbonyl (C=O) groups is 2. The summed E-state index contributed by atoms with van der Waals surface area (Å²) in [7, 11) is 1.53. The van der Waals surface area contributed by atoms with Gasteiger partial charge in [0.15, 0.2) is 5.79 Å². The van der Waals surface area contributed by atoms with Crippen molar-refractivity contribution in [1.29, 1.82) is 0 Å². The summed E-state index contributed by atoms with van der Waals surface area (Å²) in [5, 5.41) is 24.2. The van der Waals surface area contributed by atoms with E-state index < -0.39 is 54.4 Å². The second-order valence-electron chi connectivity index (χ2n) is 19.5. The predicted octanol–water partition coefficient (Wildman–Crippen LogP) is 12.9. The summed E-state index contributed by atoms with van der Waals surface area (Å²) < 4.78 is 38.9. The second-order valence-corrected chi connectivity index (χ2v) is 19.5. The van der Waals surface area contributed by atoms with Gasteiger partial charge in [0, 0.05) is 26.1 Å². The first-order chi connectivity index (χ1) is 35.8. The Morgan fingerprint density at radius 2 is 1.08 bits per heavy atom. The highest BCUT2D eigenvalue weighted by atomic mass is 16.7. The van der Waals surface area contributed by atoms with Crippen LogP contribution in [0.1, 0.15) is 142 Å². The molecule has 1 saturated heterocycles. The highest BCUT2D eigenvalue weighted by Crippen LogP contribution is 2.40. The molecular weight excluding hydrogens is 919 g/mol. The van der Waals surface area contributed by atoms with Crippen LogP contribution >= 0.6 is 0 Å². The summed E-state index contributed by atoms with van der Waals surface area (Å²) in [6.45, 7) is 2.50. The number of amides is 1. The lowest BCUT2D eigenvalue weighted by Gasteiger charge is -2.51. The zero-order valence-electron chi connectivity index (χ0n) is 43.4. The highest BCUT2D eigenvalue weighted by molar-refractivity contribution is 5.89. The molecule has 11 nitrogen and oxygen atoms in total. The zero-order valence-corrected chi connectivity index (χ0v) is 43.4. The molecule has 1 heterocycles. The molecule has 1 aliphatic rings. The molecule has 7 atom stereocenters. The maximum Gasteiger partial charge on any atom is 0.410 e. The van der Waals surface area contributed by atoms with Crippen molar-refractivity contribution in [2.75, 3.05) is 13.7 Å². The molecule has 2 unspecified atom stereocenters. The minimum Gasteiger partial charge on any atom is -0.459 e. The molecule has 1 fully saturated rings. The van der Waals surface area contributed by atoms with Crippen LogP contribution in [0.15, 0.2) is 152 Å². The lowest BCUT2D eigenvalue weighted by Crippen LogP contribution is -2.67. The Morgan fingerprint density at radius 1 is 0.603 bits per heavy atom. The molecule has 0 aliphatic carbocycles. The van der Waals surface area contributed by atoms with Crippen LogP contribution in [0, 0.1) is 0 Å². The summed E-state index contributed by atoms with van der Waals surface area (Å²) in [5.74, 6) is -2.19. The third kappa shape index (κ3) is 19.1. The number of carbonyl (C=O) groups excluding carboxylic acids is 2. The van der Waals surface area contributed by atoms with Crippen LogP contribution in [0.4, 0.5) is 4.79 Å². The van der Waals surface area contributed by atoms with Gasteiger partial charge in [-0.1, -0.05) is 224 Å². The maximum absolute atomic E-state index is 14.6. The van der Waals surface area contributed by atoms with Gasteiger partial charge in [0.25, 0.3) is 0 Å². The standard InChI is InChI=1S/C62H81NO10/c1-3-4-5-6-7-8-9-10-11-12-13-29-40-55(64)43-54(63(44-49-30-19-14-20-31-49)61(67)72-47-52-36-25-17-26-37-52)41-42-62(68-2)59(70-46-51-34-23-16-24-35-51)58(69-45-50-32-21-15-22-33-50)57(65)56(73-62)48-71-60(66)53-38-27-18-28-39-53/h14-28,30-39,54-59,64-65H,3-13,29,40-48H2,1-2H3/t54-,55+,56?,57-,58+,59?,62-/m0/s1. The van der Waals surface area contributed by atoms with Gasteiger partial charge in [-0.05, 0) is 53.6 Å². The Kier molecular flexibility index (Phi) is 25.0. The van der Waals surface area contributed by atoms with E-state index in [1.54, 1.807) is 29.2 Å². The van der Waals surface area contributed by atoms with Crippen molar-refractivity contribution < 1.29 is 48.2 Å². The van der Waals surface area contributed by atoms with Crippen LogP contribution in [-0.4, -0.2) is 83.2 Å². The van der Waals surface area contributed by atoms with Crippen LogP contribution < -0.4 is 0 Å². The summed E-state index contributed by atoms with van der Waals surface area (Å²) in [6, 6.07) is 46.8. The van der Waals surface area contributed by atoms with E-state index in [2.05, 4.69) is 6.92 Å².